The molecule has 0 unspecified atom stereocenters. The zero-order valence-corrected chi connectivity index (χ0v) is 10.0. The van der Waals surface area contributed by atoms with Gasteiger partial charge in [-0.05, 0) is 32.4 Å². The van der Waals surface area contributed by atoms with E-state index in [4.69, 9.17) is 0 Å². The Hall–Kier alpha value is -0.300. The maximum absolute atomic E-state index is 3.32. The van der Waals surface area contributed by atoms with Crippen molar-refractivity contribution < 1.29 is 0 Å². The second-order valence-electron chi connectivity index (χ2n) is 3.82. The van der Waals surface area contributed by atoms with Crippen LogP contribution < -0.4 is 5.32 Å². The molecule has 0 aromatic heterocycles. The summed E-state index contributed by atoms with van der Waals surface area (Å²) in [5.41, 5.74) is 0. The first-order chi connectivity index (χ1) is 6.91. The van der Waals surface area contributed by atoms with Gasteiger partial charge in [-0.2, -0.15) is 0 Å². The monoisotopic (exact) mass is 197 g/mol. The molecule has 0 aliphatic rings. The predicted molar refractivity (Wildman–Crippen MR) is 65.7 cm³/mol. The van der Waals surface area contributed by atoms with Gasteiger partial charge in [0.25, 0.3) is 0 Å². The normalized spacial score (nSPS) is 11.3. The van der Waals surface area contributed by atoms with Gasteiger partial charge in [0, 0.05) is 0 Å². The van der Waals surface area contributed by atoms with E-state index in [2.05, 4.69) is 31.3 Å². The van der Waals surface area contributed by atoms with Crippen LogP contribution in [0.1, 0.15) is 58.8 Å². The van der Waals surface area contributed by atoms with Gasteiger partial charge in [-0.15, -0.1) is 0 Å². The summed E-state index contributed by atoms with van der Waals surface area (Å²) in [5.74, 6) is 0. The van der Waals surface area contributed by atoms with Crippen molar-refractivity contribution >= 4 is 0 Å². The molecule has 14 heavy (non-hydrogen) atoms. The van der Waals surface area contributed by atoms with E-state index in [1.54, 1.807) is 0 Å². The second kappa shape index (κ2) is 12.7. The molecule has 1 nitrogen and oxygen atoms in total. The number of hydrogen-bond acceptors (Lipinski definition) is 1. The van der Waals surface area contributed by atoms with E-state index in [9.17, 15) is 0 Å². The van der Waals surface area contributed by atoms with Crippen molar-refractivity contribution in [3.8, 4) is 0 Å². The van der Waals surface area contributed by atoms with Crippen molar-refractivity contribution in [2.24, 2.45) is 0 Å². The Kier molecular flexibility index (Phi) is 12.4. The minimum absolute atomic E-state index is 1.09. The summed E-state index contributed by atoms with van der Waals surface area (Å²) in [6, 6.07) is 0. The molecule has 0 bridgehead atoms. The lowest BCUT2D eigenvalue weighted by atomic mass is 10.1. The van der Waals surface area contributed by atoms with Crippen molar-refractivity contribution in [1.82, 2.24) is 5.32 Å². The molecule has 0 heterocycles. The zero-order chi connectivity index (χ0) is 10.5. The van der Waals surface area contributed by atoms with Crippen LogP contribution in [-0.4, -0.2) is 13.1 Å². The van der Waals surface area contributed by atoms with Crippen LogP contribution in [0.4, 0.5) is 0 Å². The first-order valence-electron chi connectivity index (χ1n) is 6.27. The fourth-order valence-electron chi connectivity index (χ4n) is 1.46. The Labute approximate surface area is 90.0 Å². The number of unbranched alkanes of at least 4 members (excludes halogenated alkanes) is 5. The van der Waals surface area contributed by atoms with Gasteiger partial charge in [0.1, 0.15) is 0 Å². The van der Waals surface area contributed by atoms with Gasteiger partial charge in [0.2, 0.25) is 0 Å². The molecule has 1 N–H and O–H groups in total. The molecule has 1 heteroatoms. The van der Waals surface area contributed by atoms with E-state index in [1.807, 2.05) is 0 Å². The van der Waals surface area contributed by atoms with Crippen LogP contribution in [-0.2, 0) is 0 Å². The Morgan fingerprint density at radius 3 is 2.29 bits per heavy atom. The highest BCUT2D eigenvalue weighted by atomic mass is 14.8. The van der Waals surface area contributed by atoms with Crippen molar-refractivity contribution in [3.63, 3.8) is 0 Å². The lowest BCUT2D eigenvalue weighted by Crippen LogP contribution is -2.12. The van der Waals surface area contributed by atoms with Gasteiger partial charge < -0.3 is 5.32 Å². The molecule has 0 aromatic rings. The zero-order valence-electron chi connectivity index (χ0n) is 10.0. The van der Waals surface area contributed by atoms with Crippen LogP contribution in [0.2, 0.25) is 0 Å². The van der Waals surface area contributed by atoms with E-state index in [-0.39, 0.29) is 0 Å². The summed E-state index contributed by atoms with van der Waals surface area (Å²) in [5, 5.41) is 3.32. The predicted octanol–water partition coefficient (Wildman–Crippen LogP) is 3.90. The third kappa shape index (κ3) is 11.7. The smallest absolute Gasteiger partial charge is 0.00144 e. The summed E-state index contributed by atoms with van der Waals surface area (Å²) < 4.78 is 0. The Balaban J connectivity index is 2.96. The molecule has 0 saturated heterocycles. The fourth-order valence-corrected chi connectivity index (χ4v) is 1.46. The summed E-state index contributed by atoms with van der Waals surface area (Å²) in [7, 11) is 0. The van der Waals surface area contributed by atoms with Crippen molar-refractivity contribution in [2.45, 2.75) is 58.8 Å². The highest BCUT2D eigenvalue weighted by molar-refractivity contribution is 4.81. The van der Waals surface area contributed by atoms with Gasteiger partial charge in [0.15, 0.2) is 0 Å². The highest BCUT2D eigenvalue weighted by Crippen LogP contribution is 2.05. The Bertz CT molecular complexity index is 118. The standard InChI is InChI=1S/C13H27N/c1-3-5-6-7-8-9-10-11-12-13-14-4-2/h10-11,14H,3-9,12-13H2,1-2H3. The van der Waals surface area contributed by atoms with E-state index in [0.29, 0.717) is 0 Å². The topological polar surface area (TPSA) is 12.0 Å². The van der Waals surface area contributed by atoms with Crippen LogP contribution in [0, 0.1) is 0 Å². The molecule has 0 spiro atoms. The van der Waals surface area contributed by atoms with Crippen LogP contribution in [0.25, 0.3) is 0 Å². The number of allylic oxidation sites excluding steroid dienone is 1. The molecule has 0 aromatic carbocycles. The van der Waals surface area contributed by atoms with E-state index < -0.39 is 0 Å². The quantitative estimate of drug-likeness (QED) is 0.414. The minimum atomic E-state index is 1.09. The van der Waals surface area contributed by atoms with Crippen LogP contribution in [0.15, 0.2) is 12.2 Å². The van der Waals surface area contributed by atoms with Gasteiger partial charge in [-0.3, -0.25) is 0 Å². The van der Waals surface area contributed by atoms with E-state index in [1.165, 1.54) is 44.9 Å². The van der Waals surface area contributed by atoms with Crippen molar-refractivity contribution in [3.05, 3.63) is 12.2 Å². The van der Waals surface area contributed by atoms with Crippen molar-refractivity contribution in [1.29, 1.82) is 0 Å². The molecule has 0 fully saturated rings. The number of hydrogen-bond donors (Lipinski definition) is 1. The SMILES string of the molecule is CCCCCCCC=CCCNCC. The molecule has 0 rings (SSSR count). The lowest BCUT2D eigenvalue weighted by molar-refractivity contribution is 0.636. The average molecular weight is 197 g/mol. The lowest BCUT2D eigenvalue weighted by Gasteiger charge is -1.97. The average Bonchev–Trinajstić information content (AvgIpc) is 2.21. The summed E-state index contributed by atoms with van der Waals surface area (Å²) in [6.45, 7) is 6.63. The first-order valence-corrected chi connectivity index (χ1v) is 6.27. The molecule has 0 amide bonds. The minimum Gasteiger partial charge on any atom is -0.317 e. The molecule has 0 saturated carbocycles. The summed E-state index contributed by atoms with van der Waals surface area (Å²) >= 11 is 0. The number of rotatable bonds is 10. The van der Waals surface area contributed by atoms with E-state index >= 15 is 0 Å². The van der Waals surface area contributed by atoms with Gasteiger partial charge in [-0.1, -0.05) is 51.7 Å². The molecular formula is C13H27N. The summed E-state index contributed by atoms with van der Waals surface area (Å²) in [6.07, 6.45) is 14.1. The van der Waals surface area contributed by atoms with Crippen LogP contribution in [0.3, 0.4) is 0 Å². The van der Waals surface area contributed by atoms with Crippen molar-refractivity contribution in [2.75, 3.05) is 13.1 Å². The largest absolute Gasteiger partial charge is 0.317 e. The first kappa shape index (κ1) is 13.7. The number of nitrogens with one attached hydrogen (secondary N) is 1. The van der Waals surface area contributed by atoms with Gasteiger partial charge >= 0.3 is 0 Å². The third-order valence-electron chi connectivity index (χ3n) is 2.38. The van der Waals surface area contributed by atoms with Gasteiger partial charge in [0.05, 0.1) is 0 Å². The maximum Gasteiger partial charge on any atom is -0.00144 e. The maximum atomic E-state index is 3.32. The van der Waals surface area contributed by atoms with Crippen LogP contribution >= 0.6 is 0 Å². The van der Waals surface area contributed by atoms with Gasteiger partial charge in [-0.25, -0.2) is 0 Å². The molecule has 0 aliphatic carbocycles. The Morgan fingerprint density at radius 2 is 1.57 bits per heavy atom. The molecule has 84 valence electrons. The molecular weight excluding hydrogens is 170 g/mol. The second-order valence-corrected chi connectivity index (χ2v) is 3.82. The van der Waals surface area contributed by atoms with Crippen LogP contribution in [0.5, 0.6) is 0 Å². The molecule has 0 radical (unpaired) electrons. The molecule has 0 aliphatic heterocycles. The van der Waals surface area contributed by atoms with E-state index in [0.717, 1.165) is 13.1 Å². The Morgan fingerprint density at radius 1 is 0.857 bits per heavy atom. The fraction of sp³-hybridized carbons (Fsp3) is 0.846. The third-order valence-corrected chi connectivity index (χ3v) is 2.38. The summed E-state index contributed by atoms with van der Waals surface area (Å²) in [4.78, 5) is 0. The highest BCUT2D eigenvalue weighted by Gasteiger charge is 1.86. The molecule has 0 atom stereocenters.